The first-order valence-corrected chi connectivity index (χ1v) is 5.04. The van der Waals surface area contributed by atoms with E-state index in [1.165, 1.54) is 25.7 Å². The van der Waals surface area contributed by atoms with Crippen LogP contribution in [0.1, 0.15) is 45.4 Å². The van der Waals surface area contributed by atoms with E-state index >= 15 is 0 Å². The maximum Gasteiger partial charge on any atom is 0.0707 e. The van der Waals surface area contributed by atoms with Crippen molar-refractivity contribution >= 4 is 0 Å². The van der Waals surface area contributed by atoms with Crippen molar-refractivity contribution < 1.29 is 5.11 Å². The maximum atomic E-state index is 10.2. The molecule has 1 aliphatic carbocycles. The first kappa shape index (κ1) is 9.79. The largest absolute Gasteiger partial charge is 0.389 e. The first-order valence-electron chi connectivity index (χ1n) is 5.04. The van der Waals surface area contributed by atoms with Crippen molar-refractivity contribution in [2.45, 2.75) is 51.0 Å². The Hall–Kier alpha value is -0.300. The number of rotatable bonds is 2. The van der Waals surface area contributed by atoms with Gasteiger partial charge in [-0.1, -0.05) is 38.7 Å². The molecule has 1 heteroatoms. The van der Waals surface area contributed by atoms with E-state index in [-0.39, 0.29) is 5.92 Å². The van der Waals surface area contributed by atoms with E-state index in [2.05, 4.69) is 13.5 Å². The minimum Gasteiger partial charge on any atom is -0.389 e. The molecule has 0 spiro atoms. The molecule has 0 aliphatic heterocycles. The van der Waals surface area contributed by atoms with E-state index in [4.69, 9.17) is 0 Å². The summed E-state index contributed by atoms with van der Waals surface area (Å²) in [5, 5.41) is 10.2. The molecule has 0 heterocycles. The fourth-order valence-corrected chi connectivity index (χ4v) is 2.02. The van der Waals surface area contributed by atoms with Gasteiger partial charge in [-0.3, -0.25) is 0 Å². The Morgan fingerprint density at radius 1 is 1.25 bits per heavy atom. The van der Waals surface area contributed by atoms with Crippen LogP contribution in [0.3, 0.4) is 0 Å². The highest BCUT2D eigenvalue weighted by Gasteiger charge is 2.31. The van der Waals surface area contributed by atoms with Gasteiger partial charge >= 0.3 is 0 Å². The molecule has 0 amide bonds. The molecule has 1 saturated carbocycles. The molecule has 0 aromatic heterocycles. The minimum atomic E-state index is -0.446. The molecule has 1 N–H and O–H groups in total. The summed E-state index contributed by atoms with van der Waals surface area (Å²) in [6.07, 6.45) is 8.72. The molecule has 1 atom stereocenters. The molecule has 0 radical (unpaired) electrons. The van der Waals surface area contributed by atoms with Gasteiger partial charge in [0.1, 0.15) is 0 Å². The van der Waals surface area contributed by atoms with Crippen molar-refractivity contribution in [2.24, 2.45) is 5.92 Å². The van der Waals surface area contributed by atoms with Gasteiger partial charge in [-0.25, -0.2) is 0 Å². The average Bonchev–Trinajstić information content (AvgIpc) is 2.29. The molecular formula is C11H20O. The van der Waals surface area contributed by atoms with E-state index in [1.54, 1.807) is 0 Å². The summed E-state index contributed by atoms with van der Waals surface area (Å²) in [5.74, 6) is 0.246. The van der Waals surface area contributed by atoms with Gasteiger partial charge in [-0.2, -0.15) is 0 Å². The molecule has 1 aliphatic rings. The zero-order chi connectivity index (χ0) is 9.03. The van der Waals surface area contributed by atoms with Crippen LogP contribution in [0.5, 0.6) is 0 Å². The maximum absolute atomic E-state index is 10.2. The Morgan fingerprint density at radius 2 is 1.75 bits per heavy atom. The summed E-state index contributed by atoms with van der Waals surface area (Å²) in [6.45, 7) is 5.82. The zero-order valence-electron chi connectivity index (χ0n) is 8.05. The van der Waals surface area contributed by atoms with Crippen molar-refractivity contribution in [3.05, 3.63) is 12.7 Å². The number of hydrogen-bond acceptors (Lipinski definition) is 1. The smallest absolute Gasteiger partial charge is 0.0707 e. The summed E-state index contributed by atoms with van der Waals surface area (Å²) < 4.78 is 0. The van der Waals surface area contributed by atoms with Gasteiger partial charge in [-0.05, 0) is 12.8 Å². The first-order chi connectivity index (χ1) is 5.69. The molecule has 1 rings (SSSR count). The highest BCUT2D eigenvalue weighted by atomic mass is 16.3. The lowest BCUT2D eigenvalue weighted by molar-refractivity contribution is -0.00846. The van der Waals surface area contributed by atoms with Gasteiger partial charge < -0.3 is 5.11 Å². The van der Waals surface area contributed by atoms with Crippen LogP contribution in [0.15, 0.2) is 12.7 Å². The van der Waals surface area contributed by atoms with Crippen molar-refractivity contribution in [2.75, 3.05) is 0 Å². The SMILES string of the molecule is C=CC(C)C1(O)CCCCCC1. The zero-order valence-corrected chi connectivity index (χ0v) is 8.05. The van der Waals surface area contributed by atoms with Crippen LogP contribution in [0.4, 0.5) is 0 Å². The Morgan fingerprint density at radius 3 is 2.17 bits per heavy atom. The van der Waals surface area contributed by atoms with Gasteiger partial charge in [0, 0.05) is 5.92 Å². The van der Waals surface area contributed by atoms with E-state index < -0.39 is 5.60 Å². The Kier molecular flexibility index (Phi) is 3.33. The van der Waals surface area contributed by atoms with Crippen molar-refractivity contribution in [3.8, 4) is 0 Å². The molecule has 0 saturated heterocycles. The molecule has 12 heavy (non-hydrogen) atoms. The quantitative estimate of drug-likeness (QED) is 0.496. The predicted octanol–water partition coefficient (Wildman–Crippen LogP) is 2.89. The molecule has 1 unspecified atom stereocenters. The highest BCUT2D eigenvalue weighted by molar-refractivity contribution is 4.94. The van der Waals surface area contributed by atoms with Gasteiger partial charge in [0.05, 0.1) is 5.60 Å². The van der Waals surface area contributed by atoms with E-state index in [9.17, 15) is 5.11 Å². The number of hydrogen-bond donors (Lipinski definition) is 1. The van der Waals surface area contributed by atoms with Gasteiger partial charge in [0.25, 0.3) is 0 Å². The third-order valence-electron chi connectivity index (χ3n) is 3.17. The van der Waals surface area contributed by atoms with Crippen LogP contribution < -0.4 is 0 Å². The minimum absolute atomic E-state index is 0.246. The summed E-state index contributed by atoms with van der Waals surface area (Å²) >= 11 is 0. The third-order valence-corrected chi connectivity index (χ3v) is 3.17. The average molecular weight is 168 g/mol. The van der Waals surface area contributed by atoms with Crippen LogP contribution in [-0.4, -0.2) is 10.7 Å². The molecule has 0 aromatic carbocycles. The second-order valence-corrected chi connectivity index (χ2v) is 4.04. The highest BCUT2D eigenvalue weighted by Crippen LogP contribution is 2.33. The third kappa shape index (κ3) is 2.10. The van der Waals surface area contributed by atoms with E-state index in [0.29, 0.717) is 0 Å². The lowest BCUT2D eigenvalue weighted by Gasteiger charge is -2.31. The second kappa shape index (κ2) is 4.08. The fraction of sp³-hybridized carbons (Fsp3) is 0.818. The van der Waals surface area contributed by atoms with Crippen molar-refractivity contribution in [1.82, 2.24) is 0 Å². The van der Waals surface area contributed by atoms with Gasteiger partial charge in [0.15, 0.2) is 0 Å². The van der Waals surface area contributed by atoms with E-state index in [0.717, 1.165) is 12.8 Å². The van der Waals surface area contributed by atoms with Gasteiger partial charge in [0.2, 0.25) is 0 Å². The predicted molar refractivity (Wildman–Crippen MR) is 52.0 cm³/mol. The Balaban J connectivity index is 2.59. The van der Waals surface area contributed by atoms with Crippen LogP contribution in [0.2, 0.25) is 0 Å². The summed E-state index contributed by atoms with van der Waals surface area (Å²) in [4.78, 5) is 0. The van der Waals surface area contributed by atoms with Crippen LogP contribution in [0, 0.1) is 5.92 Å². The van der Waals surface area contributed by atoms with Crippen molar-refractivity contribution in [1.29, 1.82) is 0 Å². The molecule has 1 nitrogen and oxygen atoms in total. The summed E-state index contributed by atoms with van der Waals surface area (Å²) in [7, 11) is 0. The Labute approximate surface area is 75.5 Å². The summed E-state index contributed by atoms with van der Waals surface area (Å²) in [5.41, 5.74) is -0.446. The molecule has 70 valence electrons. The monoisotopic (exact) mass is 168 g/mol. The van der Waals surface area contributed by atoms with Crippen LogP contribution in [0.25, 0.3) is 0 Å². The molecular weight excluding hydrogens is 148 g/mol. The lowest BCUT2D eigenvalue weighted by atomic mass is 9.82. The number of aliphatic hydroxyl groups is 1. The molecule has 0 aromatic rings. The van der Waals surface area contributed by atoms with Gasteiger partial charge in [-0.15, -0.1) is 6.58 Å². The normalized spacial score (nSPS) is 25.8. The Bertz CT molecular complexity index is 143. The topological polar surface area (TPSA) is 20.2 Å². The lowest BCUT2D eigenvalue weighted by Crippen LogP contribution is -2.34. The standard InChI is InChI=1S/C11H20O/c1-3-10(2)11(12)8-6-4-5-7-9-11/h3,10,12H,1,4-9H2,2H3. The van der Waals surface area contributed by atoms with Crippen molar-refractivity contribution in [3.63, 3.8) is 0 Å². The van der Waals surface area contributed by atoms with Crippen LogP contribution >= 0.6 is 0 Å². The van der Waals surface area contributed by atoms with E-state index in [1.807, 2.05) is 6.08 Å². The molecule has 0 bridgehead atoms. The van der Waals surface area contributed by atoms with Crippen LogP contribution in [-0.2, 0) is 0 Å². The molecule has 1 fully saturated rings. The second-order valence-electron chi connectivity index (χ2n) is 4.04. The summed E-state index contributed by atoms with van der Waals surface area (Å²) in [6, 6.07) is 0. The fourth-order valence-electron chi connectivity index (χ4n) is 2.02.